The normalized spacial score (nSPS) is 20.3. The molecule has 1 aliphatic heterocycles. The maximum atomic E-state index is 11.0. The first-order chi connectivity index (χ1) is 10.1. The molecule has 9 nitrogen and oxygen atoms in total. The number of carbonyl (C=O) groups is 2. The van der Waals surface area contributed by atoms with Crippen molar-refractivity contribution >= 4 is 11.9 Å². The van der Waals surface area contributed by atoms with Crippen molar-refractivity contribution in [1.82, 2.24) is 14.7 Å². The fourth-order valence-electron chi connectivity index (χ4n) is 2.81. The van der Waals surface area contributed by atoms with Crippen LogP contribution in [0.5, 0.6) is 0 Å². The van der Waals surface area contributed by atoms with Gasteiger partial charge in [-0.3, -0.25) is 24.3 Å². The zero-order chi connectivity index (χ0) is 16.9. The van der Waals surface area contributed by atoms with Crippen molar-refractivity contribution in [3.05, 3.63) is 0 Å². The van der Waals surface area contributed by atoms with Crippen molar-refractivity contribution in [2.24, 2.45) is 0 Å². The van der Waals surface area contributed by atoms with Gasteiger partial charge in [-0.15, -0.1) is 0 Å². The molecule has 0 amide bonds. The SMILES string of the molecule is CN(CC(O)O)C1(C)CN(CC(=O)O)CCN(CC(=O)O)C1. The van der Waals surface area contributed by atoms with Crippen molar-refractivity contribution in [1.29, 1.82) is 0 Å². The molecule has 1 saturated heterocycles. The average molecular weight is 319 g/mol. The van der Waals surface area contributed by atoms with Crippen LogP contribution in [0, 0.1) is 0 Å². The average Bonchev–Trinajstić information content (AvgIpc) is 2.47. The zero-order valence-corrected chi connectivity index (χ0v) is 13.0. The zero-order valence-electron chi connectivity index (χ0n) is 13.0. The van der Waals surface area contributed by atoms with Crippen molar-refractivity contribution in [3.63, 3.8) is 0 Å². The Morgan fingerprint density at radius 2 is 1.50 bits per heavy atom. The maximum Gasteiger partial charge on any atom is 0.317 e. The van der Waals surface area contributed by atoms with E-state index in [1.807, 2.05) is 6.92 Å². The van der Waals surface area contributed by atoms with Crippen LogP contribution in [0.25, 0.3) is 0 Å². The summed E-state index contributed by atoms with van der Waals surface area (Å²) in [6.07, 6.45) is -1.51. The summed E-state index contributed by atoms with van der Waals surface area (Å²) in [5, 5.41) is 36.3. The van der Waals surface area contributed by atoms with Crippen molar-refractivity contribution in [3.8, 4) is 0 Å². The molecule has 0 radical (unpaired) electrons. The lowest BCUT2D eigenvalue weighted by molar-refractivity contribution is -0.139. The largest absolute Gasteiger partial charge is 0.480 e. The van der Waals surface area contributed by atoms with E-state index in [2.05, 4.69) is 0 Å². The second-order valence-corrected chi connectivity index (χ2v) is 6.07. The van der Waals surface area contributed by atoms with Crippen LogP contribution in [0.2, 0.25) is 0 Å². The third kappa shape index (κ3) is 5.85. The Balaban J connectivity index is 2.91. The Kier molecular flexibility index (Phi) is 6.69. The van der Waals surface area contributed by atoms with E-state index >= 15 is 0 Å². The van der Waals surface area contributed by atoms with Gasteiger partial charge in [-0.1, -0.05) is 0 Å². The van der Waals surface area contributed by atoms with Crippen LogP contribution in [0.15, 0.2) is 0 Å². The Hall–Kier alpha value is -1.26. The summed E-state index contributed by atoms with van der Waals surface area (Å²) in [5.74, 6) is -1.89. The molecule has 1 aliphatic rings. The first-order valence-electron chi connectivity index (χ1n) is 7.08. The first-order valence-corrected chi connectivity index (χ1v) is 7.08. The Morgan fingerprint density at radius 3 is 1.82 bits per heavy atom. The molecule has 0 aliphatic carbocycles. The van der Waals surface area contributed by atoms with Crippen molar-refractivity contribution < 1.29 is 30.0 Å². The minimum absolute atomic E-state index is 0.00166. The molecule has 0 atom stereocenters. The summed E-state index contributed by atoms with van der Waals surface area (Å²) in [6.45, 7) is 3.30. The number of aliphatic hydroxyl groups excluding tert-OH is 1. The van der Waals surface area contributed by atoms with E-state index in [0.29, 0.717) is 26.2 Å². The molecule has 1 fully saturated rings. The molecule has 9 heteroatoms. The van der Waals surface area contributed by atoms with E-state index in [-0.39, 0.29) is 19.6 Å². The van der Waals surface area contributed by atoms with Crippen LogP contribution >= 0.6 is 0 Å². The summed E-state index contributed by atoms with van der Waals surface area (Å²) in [7, 11) is 1.71. The molecule has 0 saturated carbocycles. The third-order valence-electron chi connectivity index (χ3n) is 3.94. The van der Waals surface area contributed by atoms with Crippen molar-refractivity contribution in [2.45, 2.75) is 18.8 Å². The van der Waals surface area contributed by atoms with E-state index < -0.39 is 23.8 Å². The van der Waals surface area contributed by atoms with Crippen molar-refractivity contribution in [2.75, 3.05) is 52.9 Å². The summed E-state index contributed by atoms with van der Waals surface area (Å²) in [5.41, 5.74) is -0.592. The van der Waals surface area contributed by atoms with Gasteiger partial charge in [0.25, 0.3) is 0 Å². The molecule has 128 valence electrons. The standard InChI is InChI=1S/C13H25N3O6/c1-13(14(2)5-10(17)18)8-15(6-11(19)20)3-4-16(9-13)7-12(21)22/h10,17-18H,3-9H2,1-2H3,(H,19,20)(H,21,22). The fraction of sp³-hybridized carbons (Fsp3) is 0.846. The molecule has 22 heavy (non-hydrogen) atoms. The smallest absolute Gasteiger partial charge is 0.317 e. The van der Waals surface area contributed by atoms with E-state index in [9.17, 15) is 9.59 Å². The molecule has 0 bridgehead atoms. The molecular weight excluding hydrogens is 294 g/mol. The molecule has 1 heterocycles. The van der Waals surface area contributed by atoms with Gasteiger partial charge < -0.3 is 20.4 Å². The van der Waals surface area contributed by atoms with Gasteiger partial charge >= 0.3 is 11.9 Å². The Morgan fingerprint density at radius 1 is 1.09 bits per heavy atom. The van der Waals surface area contributed by atoms with Gasteiger partial charge in [0.2, 0.25) is 0 Å². The Bertz CT molecular complexity index is 377. The summed E-state index contributed by atoms with van der Waals surface area (Å²) < 4.78 is 0. The van der Waals surface area contributed by atoms with E-state index in [1.54, 1.807) is 21.7 Å². The van der Waals surface area contributed by atoms with Gasteiger partial charge in [-0.2, -0.15) is 0 Å². The highest BCUT2D eigenvalue weighted by Crippen LogP contribution is 2.20. The number of likely N-dealkylation sites (N-methyl/N-ethyl adjacent to an activating group) is 1. The highest BCUT2D eigenvalue weighted by molar-refractivity contribution is 5.69. The minimum Gasteiger partial charge on any atom is -0.480 e. The maximum absolute atomic E-state index is 11.0. The lowest BCUT2D eigenvalue weighted by Crippen LogP contribution is -2.58. The number of β-amino-alcohol motifs (C(OH)–C–C–N with tert-alkyl or cyclic N) is 2. The number of aliphatic hydroxyl groups is 2. The Labute approximate surface area is 129 Å². The van der Waals surface area contributed by atoms with Crippen LogP contribution in [-0.2, 0) is 9.59 Å². The van der Waals surface area contributed by atoms with Gasteiger partial charge in [0.05, 0.1) is 13.1 Å². The molecule has 0 spiro atoms. The molecule has 0 aromatic rings. The fourth-order valence-corrected chi connectivity index (χ4v) is 2.81. The van der Waals surface area contributed by atoms with Gasteiger partial charge in [0.15, 0.2) is 6.29 Å². The topological polar surface area (TPSA) is 125 Å². The van der Waals surface area contributed by atoms with Crippen LogP contribution in [-0.4, -0.2) is 112 Å². The first kappa shape index (κ1) is 18.8. The predicted molar refractivity (Wildman–Crippen MR) is 77.4 cm³/mol. The highest BCUT2D eigenvalue weighted by Gasteiger charge is 2.37. The van der Waals surface area contributed by atoms with Gasteiger partial charge in [0, 0.05) is 38.3 Å². The molecule has 0 unspecified atom stereocenters. The molecule has 0 aromatic heterocycles. The summed E-state index contributed by atoms with van der Waals surface area (Å²) >= 11 is 0. The lowest BCUT2D eigenvalue weighted by Gasteiger charge is -2.42. The van der Waals surface area contributed by atoms with Gasteiger partial charge in [-0.25, -0.2) is 0 Å². The number of rotatable bonds is 7. The third-order valence-corrected chi connectivity index (χ3v) is 3.94. The number of nitrogens with zero attached hydrogens (tertiary/aromatic N) is 3. The monoisotopic (exact) mass is 319 g/mol. The van der Waals surface area contributed by atoms with E-state index in [0.717, 1.165) is 0 Å². The number of hydrogen-bond donors (Lipinski definition) is 4. The van der Waals surface area contributed by atoms with Crippen LogP contribution < -0.4 is 0 Å². The predicted octanol–water partition coefficient (Wildman–Crippen LogP) is -2.23. The quantitative estimate of drug-likeness (QED) is 0.386. The minimum atomic E-state index is -1.51. The number of hydrogen-bond acceptors (Lipinski definition) is 7. The second-order valence-electron chi connectivity index (χ2n) is 6.07. The molecule has 0 aromatic carbocycles. The summed E-state index contributed by atoms with van der Waals surface area (Å²) in [4.78, 5) is 27.1. The van der Waals surface area contributed by atoms with Gasteiger partial charge in [-0.05, 0) is 14.0 Å². The lowest BCUT2D eigenvalue weighted by atomic mass is 9.99. The molecule has 4 N–H and O–H groups in total. The summed E-state index contributed by atoms with van der Waals surface area (Å²) in [6, 6.07) is 0. The van der Waals surface area contributed by atoms with Crippen LogP contribution in [0.4, 0.5) is 0 Å². The van der Waals surface area contributed by atoms with Crippen LogP contribution in [0.3, 0.4) is 0 Å². The number of carboxylic acids is 2. The van der Waals surface area contributed by atoms with Crippen LogP contribution in [0.1, 0.15) is 6.92 Å². The highest BCUT2D eigenvalue weighted by atomic mass is 16.5. The molecular formula is C13H25N3O6. The number of carboxylic acid groups (broad SMARTS) is 2. The second kappa shape index (κ2) is 7.84. The van der Waals surface area contributed by atoms with E-state index in [1.165, 1.54) is 0 Å². The van der Waals surface area contributed by atoms with Gasteiger partial charge in [0.1, 0.15) is 0 Å². The number of aliphatic carboxylic acids is 2. The van der Waals surface area contributed by atoms with E-state index in [4.69, 9.17) is 20.4 Å². The molecule has 1 rings (SSSR count).